The SMILES string of the molecule is CC1(C)CN1P(=O)(OCCOP(=O)(N1CC1(C)C)N1CC1(C)C)N1CC1(C)C. The molecule has 10 heteroatoms. The molecule has 0 amide bonds. The van der Waals surface area contributed by atoms with Gasteiger partial charge in [0.05, 0.1) is 13.2 Å². The molecule has 0 aromatic carbocycles. The first kappa shape index (κ1) is 21.5. The van der Waals surface area contributed by atoms with Crippen LogP contribution < -0.4 is 0 Å². The zero-order chi connectivity index (χ0) is 21.0. The van der Waals surface area contributed by atoms with E-state index in [-0.39, 0.29) is 35.4 Å². The van der Waals surface area contributed by atoms with Gasteiger partial charge in [-0.05, 0) is 55.4 Å². The van der Waals surface area contributed by atoms with Crippen LogP contribution in [0.1, 0.15) is 55.4 Å². The highest BCUT2D eigenvalue weighted by Gasteiger charge is 2.66. The molecule has 0 aromatic heterocycles. The quantitative estimate of drug-likeness (QED) is 0.310. The van der Waals surface area contributed by atoms with E-state index < -0.39 is 15.3 Å². The van der Waals surface area contributed by atoms with Gasteiger partial charge in [0.15, 0.2) is 0 Å². The Kier molecular flexibility index (Phi) is 4.54. The van der Waals surface area contributed by atoms with E-state index in [4.69, 9.17) is 9.05 Å². The van der Waals surface area contributed by atoms with Gasteiger partial charge >= 0.3 is 15.3 Å². The Labute approximate surface area is 169 Å². The molecule has 4 aliphatic heterocycles. The van der Waals surface area contributed by atoms with Crippen molar-refractivity contribution in [2.24, 2.45) is 0 Å². The molecule has 4 saturated heterocycles. The fourth-order valence-electron chi connectivity index (χ4n) is 3.90. The summed E-state index contributed by atoms with van der Waals surface area (Å²) in [5, 5.41) is 0. The van der Waals surface area contributed by atoms with Crippen molar-refractivity contribution in [1.29, 1.82) is 0 Å². The summed E-state index contributed by atoms with van der Waals surface area (Å²) in [6.07, 6.45) is 0. The van der Waals surface area contributed by atoms with Crippen LogP contribution in [-0.2, 0) is 18.2 Å². The lowest BCUT2D eigenvalue weighted by atomic mass is 10.2. The largest absolute Gasteiger partial charge is 0.347 e. The summed E-state index contributed by atoms with van der Waals surface area (Å²) >= 11 is 0. The van der Waals surface area contributed by atoms with Crippen LogP contribution in [0.2, 0.25) is 0 Å². The maximum absolute atomic E-state index is 13.7. The van der Waals surface area contributed by atoms with Crippen molar-refractivity contribution < 1.29 is 18.2 Å². The minimum atomic E-state index is -3.06. The fourth-order valence-corrected chi connectivity index (χ4v) is 10.4. The van der Waals surface area contributed by atoms with E-state index in [1.165, 1.54) is 0 Å². The van der Waals surface area contributed by atoms with Crippen LogP contribution in [0.25, 0.3) is 0 Å². The molecule has 0 radical (unpaired) electrons. The molecule has 0 spiro atoms. The van der Waals surface area contributed by atoms with E-state index in [2.05, 4.69) is 55.4 Å². The van der Waals surface area contributed by atoms with Gasteiger partial charge < -0.3 is 9.05 Å². The third-order valence-corrected chi connectivity index (χ3v) is 12.6. The Morgan fingerprint density at radius 1 is 0.571 bits per heavy atom. The van der Waals surface area contributed by atoms with Gasteiger partial charge in [-0.2, -0.15) is 0 Å². The molecule has 0 saturated carbocycles. The molecule has 0 aliphatic carbocycles. The number of nitrogens with zero attached hydrogens (tertiary/aromatic N) is 4. The lowest BCUT2D eigenvalue weighted by Crippen LogP contribution is -2.21. The smallest absolute Gasteiger partial charge is 0.303 e. The lowest BCUT2D eigenvalue weighted by Gasteiger charge is -2.27. The Balaban J connectivity index is 1.39. The van der Waals surface area contributed by atoms with Crippen molar-refractivity contribution in [1.82, 2.24) is 18.7 Å². The van der Waals surface area contributed by atoms with Crippen molar-refractivity contribution in [3.05, 3.63) is 0 Å². The number of hydrogen-bond acceptors (Lipinski definition) is 4. The molecule has 0 N–H and O–H groups in total. The van der Waals surface area contributed by atoms with Gasteiger partial charge in [0.2, 0.25) is 0 Å². The predicted octanol–water partition coefficient (Wildman–Crippen LogP) is 3.61. The lowest BCUT2D eigenvalue weighted by molar-refractivity contribution is 0.181. The normalized spacial score (nSPS) is 42.1. The van der Waals surface area contributed by atoms with E-state index in [1.54, 1.807) is 0 Å². The molecule has 28 heavy (non-hydrogen) atoms. The van der Waals surface area contributed by atoms with E-state index >= 15 is 0 Å². The summed E-state index contributed by atoms with van der Waals surface area (Å²) in [4.78, 5) is 0. The van der Waals surface area contributed by atoms with E-state index in [0.29, 0.717) is 0 Å². The van der Waals surface area contributed by atoms with Crippen molar-refractivity contribution in [2.45, 2.75) is 77.5 Å². The molecular formula is C18H36N4O4P2. The molecule has 4 atom stereocenters. The maximum Gasteiger partial charge on any atom is 0.347 e. The minimum absolute atomic E-state index is 0.0994. The molecule has 0 aromatic rings. The van der Waals surface area contributed by atoms with Crippen LogP contribution in [0.3, 0.4) is 0 Å². The third-order valence-electron chi connectivity index (χ3n) is 6.35. The molecule has 0 bridgehead atoms. The van der Waals surface area contributed by atoms with E-state index in [0.717, 1.165) is 26.2 Å². The molecular weight excluding hydrogens is 398 g/mol. The molecule has 4 heterocycles. The highest BCUT2D eigenvalue weighted by Crippen LogP contribution is 2.71. The van der Waals surface area contributed by atoms with Crippen LogP contribution in [0.15, 0.2) is 0 Å². The second-order valence-corrected chi connectivity index (χ2v) is 15.5. The predicted molar refractivity (Wildman–Crippen MR) is 110 cm³/mol. The van der Waals surface area contributed by atoms with Gasteiger partial charge in [0.1, 0.15) is 0 Å². The number of hydrogen-bond donors (Lipinski definition) is 0. The number of rotatable bonds is 9. The van der Waals surface area contributed by atoms with Crippen LogP contribution in [0, 0.1) is 0 Å². The van der Waals surface area contributed by atoms with Crippen LogP contribution >= 0.6 is 15.3 Å². The Bertz CT molecular complexity index is 666. The zero-order valence-corrected chi connectivity index (χ0v) is 20.3. The zero-order valence-electron chi connectivity index (χ0n) is 18.6. The van der Waals surface area contributed by atoms with E-state index in [9.17, 15) is 9.13 Å². The van der Waals surface area contributed by atoms with Gasteiger partial charge in [-0.25, -0.2) is 18.7 Å². The van der Waals surface area contributed by atoms with Crippen molar-refractivity contribution >= 4 is 15.3 Å². The highest BCUT2D eigenvalue weighted by atomic mass is 31.2. The summed E-state index contributed by atoms with van der Waals surface area (Å²) in [6.45, 7) is 20.0. The van der Waals surface area contributed by atoms with Gasteiger partial charge in [0.25, 0.3) is 0 Å². The fraction of sp³-hybridized carbons (Fsp3) is 1.00. The molecule has 4 fully saturated rings. The van der Waals surface area contributed by atoms with Crippen molar-refractivity contribution in [3.63, 3.8) is 0 Å². The van der Waals surface area contributed by atoms with Crippen molar-refractivity contribution in [2.75, 3.05) is 39.4 Å². The first-order valence-corrected chi connectivity index (χ1v) is 13.2. The Morgan fingerprint density at radius 3 is 0.893 bits per heavy atom. The topological polar surface area (TPSA) is 64.6 Å². The summed E-state index contributed by atoms with van der Waals surface area (Å²) in [6, 6.07) is 0. The van der Waals surface area contributed by atoms with Gasteiger partial charge in [-0.1, -0.05) is 0 Å². The van der Waals surface area contributed by atoms with Crippen LogP contribution in [0.4, 0.5) is 0 Å². The first-order valence-electron chi connectivity index (χ1n) is 10.2. The van der Waals surface area contributed by atoms with E-state index in [1.807, 2.05) is 18.7 Å². The third kappa shape index (κ3) is 3.48. The Hall–Kier alpha value is 0.220. The van der Waals surface area contributed by atoms with Crippen LogP contribution in [0.5, 0.6) is 0 Å². The van der Waals surface area contributed by atoms with Gasteiger partial charge in [-0.15, -0.1) is 0 Å². The summed E-state index contributed by atoms with van der Waals surface area (Å²) in [7, 11) is -6.13. The molecule has 4 aliphatic rings. The minimum Gasteiger partial charge on any atom is -0.303 e. The van der Waals surface area contributed by atoms with Crippen molar-refractivity contribution in [3.8, 4) is 0 Å². The standard InChI is InChI=1S/C18H36N4O4P2/c1-15(2)11-19(15)27(23,20-12-16(20,3)4)25-9-10-26-28(24,21-13-17(21,5)6)22-14-18(22,7)8/h9-14H2,1-8H3. The Morgan fingerprint density at radius 2 is 0.750 bits per heavy atom. The maximum atomic E-state index is 13.7. The molecule has 162 valence electrons. The first-order chi connectivity index (χ1) is 12.6. The van der Waals surface area contributed by atoms with Crippen LogP contribution in [-0.4, -0.2) is 80.2 Å². The second-order valence-electron chi connectivity index (χ2n) is 11.1. The van der Waals surface area contributed by atoms with Gasteiger partial charge in [-0.3, -0.25) is 9.13 Å². The monoisotopic (exact) mass is 434 g/mol. The summed E-state index contributed by atoms with van der Waals surface area (Å²) in [5.74, 6) is 0. The summed E-state index contributed by atoms with van der Waals surface area (Å²) < 4.78 is 47.1. The molecule has 8 nitrogen and oxygen atoms in total. The molecule has 4 rings (SSSR count). The van der Waals surface area contributed by atoms with Gasteiger partial charge in [0, 0.05) is 48.3 Å². The second kappa shape index (κ2) is 5.92. The highest BCUT2D eigenvalue weighted by molar-refractivity contribution is 7.55. The average molecular weight is 434 g/mol. The average Bonchev–Trinajstić information content (AvgIpc) is 3.46. The molecule has 4 unspecified atom stereocenters. The summed E-state index contributed by atoms with van der Waals surface area (Å²) in [5.41, 5.74) is -0.398.